The summed E-state index contributed by atoms with van der Waals surface area (Å²) in [6, 6.07) is 13.5. The smallest absolute Gasteiger partial charge is 0.244 e. The van der Waals surface area contributed by atoms with E-state index in [4.69, 9.17) is 0 Å². The van der Waals surface area contributed by atoms with E-state index in [1.54, 1.807) is 6.20 Å². The van der Waals surface area contributed by atoms with Gasteiger partial charge in [0.15, 0.2) is 0 Å². The molecule has 1 aliphatic rings. The molecule has 1 aromatic carbocycles. The van der Waals surface area contributed by atoms with Crippen molar-refractivity contribution in [3.8, 4) is 11.4 Å². The Bertz CT molecular complexity index is 884. The number of para-hydroxylation sites is 1. The average Bonchev–Trinajstić information content (AvgIpc) is 3.35. The molecule has 6 heteroatoms. The van der Waals surface area contributed by atoms with Crippen LogP contribution < -0.4 is 10.2 Å². The van der Waals surface area contributed by atoms with Gasteiger partial charge < -0.3 is 14.8 Å². The largest absolute Gasteiger partial charge is 0.357 e. The fourth-order valence-electron chi connectivity index (χ4n) is 3.25. The first-order chi connectivity index (χ1) is 12.8. The molecule has 0 atom stereocenters. The van der Waals surface area contributed by atoms with Crippen molar-refractivity contribution >= 4 is 17.4 Å². The number of carbonyl (C=O) groups is 1. The molecule has 1 amide bonds. The first kappa shape index (κ1) is 16.3. The number of anilines is 2. The van der Waals surface area contributed by atoms with Crippen molar-refractivity contribution in [2.24, 2.45) is 0 Å². The van der Waals surface area contributed by atoms with Crippen LogP contribution in [0, 0.1) is 0 Å². The lowest BCUT2D eigenvalue weighted by atomic mass is 10.2. The number of aromatic nitrogens is 3. The van der Waals surface area contributed by atoms with Gasteiger partial charge in [0.1, 0.15) is 18.2 Å². The minimum absolute atomic E-state index is 0.0794. The molecule has 3 aromatic rings. The van der Waals surface area contributed by atoms with E-state index in [2.05, 4.69) is 26.3 Å². The van der Waals surface area contributed by atoms with Crippen LogP contribution in [-0.4, -0.2) is 33.5 Å². The molecule has 4 rings (SSSR count). The van der Waals surface area contributed by atoms with Gasteiger partial charge in [0.2, 0.25) is 5.91 Å². The Balaban J connectivity index is 1.51. The zero-order chi connectivity index (χ0) is 17.8. The Hall–Kier alpha value is -3.15. The van der Waals surface area contributed by atoms with Crippen LogP contribution in [0.15, 0.2) is 61.1 Å². The highest BCUT2D eigenvalue weighted by Gasteiger charge is 2.16. The standard InChI is InChI=1S/C20H21N5O/c26-19(23-17-6-2-1-3-7-17)15-25-13-10-22-20(25)16-8-9-21-18(14-16)24-11-4-5-12-24/h1-3,6-10,13-14H,4-5,11-12,15H2,(H,23,26). The van der Waals surface area contributed by atoms with E-state index >= 15 is 0 Å². The molecule has 2 aromatic heterocycles. The average molecular weight is 347 g/mol. The molecule has 0 bridgehead atoms. The summed E-state index contributed by atoms with van der Waals surface area (Å²) in [5.41, 5.74) is 1.76. The second-order valence-corrected chi connectivity index (χ2v) is 6.39. The molecular weight excluding hydrogens is 326 g/mol. The molecule has 26 heavy (non-hydrogen) atoms. The zero-order valence-electron chi connectivity index (χ0n) is 14.5. The highest BCUT2D eigenvalue weighted by Crippen LogP contribution is 2.24. The van der Waals surface area contributed by atoms with Crippen molar-refractivity contribution in [2.45, 2.75) is 19.4 Å². The third-order valence-electron chi connectivity index (χ3n) is 4.52. The van der Waals surface area contributed by atoms with E-state index in [0.29, 0.717) is 0 Å². The second-order valence-electron chi connectivity index (χ2n) is 6.39. The Morgan fingerprint density at radius 3 is 2.65 bits per heavy atom. The number of amides is 1. The Morgan fingerprint density at radius 1 is 1.04 bits per heavy atom. The van der Waals surface area contributed by atoms with Gasteiger partial charge in [0, 0.05) is 42.9 Å². The summed E-state index contributed by atoms with van der Waals surface area (Å²) < 4.78 is 1.86. The maximum Gasteiger partial charge on any atom is 0.244 e. The predicted octanol–water partition coefficient (Wildman–Crippen LogP) is 3.18. The van der Waals surface area contributed by atoms with E-state index in [0.717, 1.165) is 36.0 Å². The number of pyridine rings is 1. The van der Waals surface area contributed by atoms with E-state index in [1.807, 2.05) is 53.4 Å². The first-order valence-electron chi connectivity index (χ1n) is 8.87. The van der Waals surface area contributed by atoms with Crippen molar-refractivity contribution in [1.82, 2.24) is 14.5 Å². The highest BCUT2D eigenvalue weighted by molar-refractivity contribution is 5.90. The number of benzene rings is 1. The van der Waals surface area contributed by atoms with E-state index in [-0.39, 0.29) is 12.5 Å². The predicted molar refractivity (Wildman–Crippen MR) is 102 cm³/mol. The zero-order valence-corrected chi connectivity index (χ0v) is 14.5. The molecule has 1 aliphatic heterocycles. The van der Waals surface area contributed by atoms with Crippen molar-refractivity contribution in [1.29, 1.82) is 0 Å². The van der Waals surface area contributed by atoms with E-state index < -0.39 is 0 Å². The summed E-state index contributed by atoms with van der Waals surface area (Å²) in [7, 11) is 0. The number of hydrogen-bond donors (Lipinski definition) is 1. The van der Waals surface area contributed by atoms with Crippen LogP contribution in [0.2, 0.25) is 0 Å². The van der Waals surface area contributed by atoms with Gasteiger partial charge in [0.05, 0.1) is 0 Å². The van der Waals surface area contributed by atoms with Crippen LogP contribution >= 0.6 is 0 Å². The first-order valence-corrected chi connectivity index (χ1v) is 8.87. The maximum atomic E-state index is 12.4. The lowest BCUT2D eigenvalue weighted by molar-refractivity contribution is -0.116. The lowest BCUT2D eigenvalue weighted by Crippen LogP contribution is -2.20. The van der Waals surface area contributed by atoms with Gasteiger partial charge in [-0.2, -0.15) is 0 Å². The van der Waals surface area contributed by atoms with Gasteiger partial charge in [-0.1, -0.05) is 18.2 Å². The summed E-state index contributed by atoms with van der Waals surface area (Å²) in [5.74, 6) is 1.67. The molecule has 1 fully saturated rings. The van der Waals surface area contributed by atoms with E-state index in [9.17, 15) is 4.79 Å². The molecule has 1 N–H and O–H groups in total. The molecule has 132 valence electrons. The molecule has 3 heterocycles. The third-order valence-corrected chi connectivity index (χ3v) is 4.52. The van der Waals surface area contributed by atoms with Gasteiger partial charge in [-0.3, -0.25) is 4.79 Å². The van der Waals surface area contributed by atoms with Gasteiger partial charge in [-0.15, -0.1) is 0 Å². The minimum atomic E-state index is -0.0794. The van der Waals surface area contributed by atoms with Crippen molar-refractivity contribution in [3.05, 3.63) is 61.1 Å². The third kappa shape index (κ3) is 3.59. The Labute approximate surface area is 152 Å². The molecule has 6 nitrogen and oxygen atoms in total. The summed E-state index contributed by atoms with van der Waals surface area (Å²) in [4.78, 5) is 23.6. The van der Waals surface area contributed by atoms with Crippen LogP contribution in [-0.2, 0) is 11.3 Å². The van der Waals surface area contributed by atoms with Crippen molar-refractivity contribution in [2.75, 3.05) is 23.3 Å². The van der Waals surface area contributed by atoms with Crippen LogP contribution in [0.5, 0.6) is 0 Å². The normalized spacial score (nSPS) is 13.8. The Morgan fingerprint density at radius 2 is 1.85 bits per heavy atom. The van der Waals surface area contributed by atoms with Crippen molar-refractivity contribution < 1.29 is 4.79 Å². The molecule has 0 saturated carbocycles. The van der Waals surface area contributed by atoms with Gasteiger partial charge in [0.25, 0.3) is 0 Å². The van der Waals surface area contributed by atoms with Crippen molar-refractivity contribution in [3.63, 3.8) is 0 Å². The van der Waals surface area contributed by atoms with Crippen LogP contribution in [0.3, 0.4) is 0 Å². The monoisotopic (exact) mass is 347 g/mol. The molecular formula is C20H21N5O. The number of nitrogens with zero attached hydrogens (tertiary/aromatic N) is 4. The summed E-state index contributed by atoms with van der Waals surface area (Å²) in [6.07, 6.45) is 7.78. The fraction of sp³-hybridized carbons (Fsp3) is 0.250. The van der Waals surface area contributed by atoms with Gasteiger partial charge >= 0.3 is 0 Å². The van der Waals surface area contributed by atoms with Crippen LogP contribution in [0.25, 0.3) is 11.4 Å². The Kier molecular flexibility index (Phi) is 4.64. The van der Waals surface area contributed by atoms with Crippen LogP contribution in [0.1, 0.15) is 12.8 Å². The fourth-order valence-corrected chi connectivity index (χ4v) is 3.25. The molecule has 1 saturated heterocycles. The second kappa shape index (κ2) is 7.39. The molecule has 0 aliphatic carbocycles. The summed E-state index contributed by atoms with van der Waals surface area (Å²) in [5, 5.41) is 2.91. The topological polar surface area (TPSA) is 63.1 Å². The summed E-state index contributed by atoms with van der Waals surface area (Å²) >= 11 is 0. The number of carbonyl (C=O) groups excluding carboxylic acids is 1. The number of imidazole rings is 1. The summed E-state index contributed by atoms with van der Waals surface area (Å²) in [6.45, 7) is 2.31. The van der Waals surface area contributed by atoms with E-state index in [1.165, 1.54) is 12.8 Å². The number of nitrogens with one attached hydrogen (secondary N) is 1. The lowest BCUT2D eigenvalue weighted by Gasteiger charge is -2.17. The molecule has 0 spiro atoms. The van der Waals surface area contributed by atoms with Gasteiger partial charge in [-0.25, -0.2) is 9.97 Å². The minimum Gasteiger partial charge on any atom is -0.357 e. The molecule has 0 radical (unpaired) electrons. The molecule has 0 unspecified atom stereocenters. The highest BCUT2D eigenvalue weighted by atomic mass is 16.1. The number of rotatable bonds is 5. The maximum absolute atomic E-state index is 12.4. The van der Waals surface area contributed by atoms with Crippen LogP contribution in [0.4, 0.5) is 11.5 Å². The number of hydrogen-bond acceptors (Lipinski definition) is 4. The quantitative estimate of drug-likeness (QED) is 0.770. The van der Waals surface area contributed by atoms with Gasteiger partial charge in [-0.05, 0) is 37.1 Å². The SMILES string of the molecule is O=C(Cn1ccnc1-c1ccnc(N2CCCC2)c1)Nc1ccccc1.